The van der Waals surface area contributed by atoms with E-state index in [1.54, 1.807) is 23.8 Å². The minimum absolute atomic E-state index is 0.00684. The van der Waals surface area contributed by atoms with Gasteiger partial charge in [0.2, 0.25) is 0 Å². The maximum atomic E-state index is 13.3. The summed E-state index contributed by atoms with van der Waals surface area (Å²) in [5.74, 6) is 0.112. The normalized spacial score (nSPS) is 15.6. The van der Waals surface area contributed by atoms with Gasteiger partial charge in [0, 0.05) is 49.7 Å². The van der Waals surface area contributed by atoms with Crippen LogP contribution in [0.25, 0.3) is 0 Å². The van der Waals surface area contributed by atoms with Crippen LogP contribution in [-0.4, -0.2) is 52.7 Å². The molecule has 180 valence electrons. The number of aryl methyl sites for hydroxylation is 1. The number of alkyl halides is 3. The van der Waals surface area contributed by atoms with Gasteiger partial charge in [-0.2, -0.15) is 13.2 Å². The third-order valence-electron chi connectivity index (χ3n) is 6.26. The molecule has 3 aromatic rings. The van der Waals surface area contributed by atoms with E-state index in [1.807, 2.05) is 10.3 Å². The molecule has 0 saturated carbocycles. The fourth-order valence-corrected chi connectivity index (χ4v) is 5.05. The first-order valence-corrected chi connectivity index (χ1v) is 12.0. The number of halogens is 3. The molecule has 0 fully saturated rings. The third kappa shape index (κ3) is 4.84. The van der Waals surface area contributed by atoms with Gasteiger partial charge in [-0.15, -0.1) is 11.3 Å². The van der Waals surface area contributed by atoms with Crippen LogP contribution in [0, 0.1) is 0 Å². The Morgan fingerprint density at radius 2 is 1.71 bits per heavy atom. The minimum atomic E-state index is -4.58. The van der Waals surface area contributed by atoms with Gasteiger partial charge in [0.15, 0.2) is 5.78 Å². The second kappa shape index (κ2) is 9.26. The predicted octanol–water partition coefficient (Wildman–Crippen LogP) is 4.65. The summed E-state index contributed by atoms with van der Waals surface area (Å²) in [4.78, 5) is 37.5. The van der Waals surface area contributed by atoms with E-state index in [0.717, 1.165) is 28.7 Å². The van der Waals surface area contributed by atoms with E-state index in [2.05, 4.69) is 9.97 Å². The highest BCUT2D eigenvalue weighted by molar-refractivity contribution is 7.07. The van der Waals surface area contributed by atoms with Crippen molar-refractivity contribution in [1.29, 1.82) is 0 Å². The fourth-order valence-electron chi connectivity index (χ4n) is 4.46. The Labute approximate surface area is 203 Å². The van der Waals surface area contributed by atoms with Gasteiger partial charge in [0.25, 0.3) is 5.91 Å². The van der Waals surface area contributed by atoms with Gasteiger partial charge in [-0.05, 0) is 41.8 Å². The van der Waals surface area contributed by atoms with Gasteiger partial charge in [0.05, 0.1) is 22.3 Å². The zero-order valence-corrected chi connectivity index (χ0v) is 19.4. The number of carbonyl (C=O) groups excluding carboxylic acids is 2. The average Bonchev–Trinajstić information content (AvgIpc) is 3.58. The van der Waals surface area contributed by atoms with Crippen molar-refractivity contribution in [2.24, 2.45) is 0 Å². The second-order valence-corrected chi connectivity index (χ2v) is 9.29. The van der Waals surface area contributed by atoms with Crippen molar-refractivity contribution in [3.8, 4) is 0 Å². The minimum Gasteiger partial charge on any atom is -0.348 e. The number of nitrogens with zero attached hydrogens (tertiary/aromatic N) is 4. The number of benzene rings is 1. The topological polar surface area (TPSA) is 66.4 Å². The van der Waals surface area contributed by atoms with Gasteiger partial charge in [-0.3, -0.25) is 9.59 Å². The Hall–Kier alpha value is -3.53. The van der Waals surface area contributed by atoms with E-state index >= 15 is 0 Å². The van der Waals surface area contributed by atoms with Crippen LogP contribution in [0.3, 0.4) is 0 Å². The van der Waals surface area contributed by atoms with Crippen LogP contribution < -0.4 is 4.90 Å². The summed E-state index contributed by atoms with van der Waals surface area (Å²) in [6.07, 6.45) is -2.05. The standard InChI is InChI=1S/C25H21F3N4O2S/c26-25(27,28)21-4-2-1-3-20(21)24(34)32-12-17-10-31(11-18(17)13-32)23-8-5-16(9-29-23)22(33)7-6-19-14-35-15-30-19/h1-5,8-9,14-15H,6-7,10-13H2. The number of aromatic nitrogens is 2. The molecule has 35 heavy (non-hydrogen) atoms. The summed E-state index contributed by atoms with van der Waals surface area (Å²) in [6.45, 7) is 1.68. The van der Waals surface area contributed by atoms with Crippen molar-refractivity contribution in [2.75, 3.05) is 31.1 Å². The van der Waals surface area contributed by atoms with Gasteiger partial charge < -0.3 is 9.80 Å². The van der Waals surface area contributed by atoms with Gasteiger partial charge in [0.1, 0.15) is 5.82 Å². The molecule has 2 aliphatic heterocycles. The van der Waals surface area contributed by atoms with Crippen LogP contribution in [0.1, 0.15) is 38.4 Å². The molecule has 0 radical (unpaired) electrons. The number of Topliss-reactive ketones (excluding diaryl/α,β-unsaturated/α-hetero) is 1. The summed E-state index contributed by atoms with van der Waals surface area (Å²) in [6, 6.07) is 8.46. The Morgan fingerprint density at radius 3 is 2.34 bits per heavy atom. The van der Waals surface area contributed by atoms with Crippen molar-refractivity contribution < 1.29 is 22.8 Å². The lowest BCUT2D eigenvalue weighted by molar-refractivity contribution is -0.138. The molecule has 6 nitrogen and oxygen atoms in total. The lowest BCUT2D eigenvalue weighted by Gasteiger charge is -2.24. The van der Waals surface area contributed by atoms with Gasteiger partial charge in [-0.1, -0.05) is 12.1 Å². The number of amides is 1. The van der Waals surface area contributed by atoms with Crippen LogP contribution >= 0.6 is 11.3 Å². The zero-order chi connectivity index (χ0) is 24.6. The second-order valence-electron chi connectivity index (χ2n) is 8.58. The summed E-state index contributed by atoms with van der Waals surface area (Å²) in [5.41, 5.74) is 4.00. The molecule has 10 heteroatoms. The van der Waals surface area contributed by atoms with Crippen LogP contribution in [0.4, 0.5) is 19.0 Å². The van der Waals surface area contributed by atoms with Gasteiger partial charge in [-0.25, -0.2) is 9.97 Å². The van der Waals surface area contributed by atoms with Gasteiger partial charge >= 0.3 is 6.18 Å². The summed E-state index contributed by atoms with van der Waals surface area (Å²) in [5, 5.41) is 1.93. The third-order valence-corrected chi connectivity index (χ3v) is 6.90. The monoisotopic (exact) mass is 498 g/mol. The maximum absolute atomic E-state index is 13.3. The van der Waals surface area contributed by atoms with Crippen molar-refractivity contribution >= 4 is 28.8 Å². The van der Waals surface area contributed by atoms with E-state index in [4.69, 9.17) is 0 Å². The SMILES string of the molecule is O=C(CCc1cscn1)c1ccc(N2CC3=C(CN(C(=O)c4ccccc4C(F)(F)F)C3)C2)nc1. The number of thiazole rings is 1. The summed E-state index contributed by atoms with van der Waals surface area (Å²) < 4.78 is 40.0. The molecule has 0 spiro atoms. The molecule has 0 unspecified atom stereocenters. The first-order chi connectivity index (χ1) is 16.8. The molecule has 2 aromatic heterocycles. The number of carbonyl (C=O) groups is 2. The molecule has 1 amide bonds. The van der Waals surface area contributed by atoms with Crippen molar-refractivity contribution in [2.45, 2.75) is 19.0 Å². The van der Waals surface area contributed by atoms with Crippen LogP contribution in [0.15, 0.2) is 64.6 Å². The molecule has 1 aromatic carbocycles. The molecular weight excluding hydrogens is 477 g/mol. The molecule has 0 saturated heterocycles. The first-order valence-electron chi connectivity index (χ1n) is 11.1. The van der Waals surface area contributed by atoms with Crippen LogP contribution in [-0.2, 0) is 12.6 Å². The molecule has 0 aliphatic carbocycles. The fraction of sp³-hybridized carbons (Fsp3) is 0.280. The maximum Gasteiger partial charge on any atom is 0.417 e. The molecule has 0 bridgehead atoms. The number of ketones is 1. The molecular formula is C25H21F3N4O2S. The number of hydrogen-bond donors (Lipinski definition) is 0. The Kier molecular flexibility index (Phi) is 6.14. The van der Waals surface area contributed by atoms with E-state index in [-0.39, 0.29) is 11.3 Å². The summed E-state index contributed by atoms with van der Waals surface area (Å²) >= 11 is 1.50. The highest BCUT2D eigenvalue weighted by atomic mass is 32.1. The first kappa shape index (κ1) is 23.2. The van der Waals surface area contributed by atoms with E-state index in [1.165, 1.54) is 34.4 Å². The number of pyridine rings is 1. The molecule has 4 heterocycles. The number of anilines is 1. The smallest absolute Gasteiger partial charge is 0.348 e. The lowest BCUT2D eigenvalue weighted by atomic mass is 10.1. The number of rotatable bonds is 6. The molecule has 2 aliphatic rings. The average molecular weight is 499 g/mol. The van der Waals surface area contributed by atoms with Crippen molar-refractivity contribution in [3.63, 3.8) is 0 Å². The van der Waals surface area contributed by atoms with E-state index < -0.39 is 17.6 Å². The molecule has 5 rings (SSSR count). The Balaban J connectivity index is 1.19. The zero-order valence-electron chi connectivity index (χ0n) is 18.6. The van der Waals surface area contributed by atoms with Crippen molar-refractivity contribution in [1.82, 2.24) is 14.9 Å². The lowest BCUT2D eigenvalue weighted by Crippen LogP contribution is -2.35. The molecule has 0 atom stereocenters. The van der Waals surface area contributed by atoms with Crippen LogP contribution in [0.2, 0.25) is 0 Å². The number of hydrogen-bond acceptors (Lipinski definition) is 6. The van der Waals surface area contributed by atoms with E-state index in [0.29, 0.717) is 44.6 Å². The largest absolute Gasteiger partial charge is 0.417 e. The highest BCUT2D eigenvalue weighted by Gasteiger charge is 2.38. The highest BCUT2D eigenvalue weighted by Crippen LogP contribution is 2.34. The predicted molar refractivity (Wildman–Crippen MR) is 126 cm³/mol. The molecule has 0 N–H and O–H groups in total. The van der Waals surface area contributed by atoms with E-state index in [9.17, 15) is 22.8 Å². The Morgan fingerprint density at radius 1 is 0.971 bits per heavy atom. The van der Waals surface area contributed by atoms with Crippen molar-refractivity contribution in [3.05, 3.63) is 87.0 Å². The summed E-state index contributed by atoms with van der Waals surface area (Å²) in [7, 11) is 0. The quantitative estimate of drug-likeness (QED) is 0.366. The van der Waals surface area contributed by atoms with Crippen LogP contribution in [0.5, 0.6) is 0 Å². The Bertz CT molecular complexity index is 1270.